The molecule has 7 aromatic rings. The number of pyridine rings is 1. The first kappa shape index (κ1) is 27.0. The fraction of sp³-hybridized carbons (Fsp3) is 0.115. The van der Waals surface area contributed by atoms with Crippen LogP contribution in [0.2, 0.25) is 5.15 Å². The van der Waals surface area contributed by atoms with E-state index in [1.807, 2.05) is 43.2 Å². The lowest BCUT2D eigenvalue weighted by Crippen LogP contribution is -2.04. The number of fused-ring (bicyclic) bond motifs is 2. The van der Waals surface area contributed by atoms with E-state index in [1.54, 1.807) is 63.2 Å². The number of hydrogen-bond acceptors (Lipinski definition) is 10. The second-order valence-corrected chi connectivity index (χ2v) is 11.6. The fourth-order valence-corrected chi connectivity index (χ4v) is 5.22. The molecule has 0 atom stereocenters. The number of nitrogens with zero attached hydrogens (tertiary/aromatic N) is 11. The summed E-state index contributed by atoms with van der Waals surface area (Å²) >= 11 is 5.91. The highest BCUT2D eigenvalue weighted by molar-refractivity contribution is 7.90. The predicted molar refractivity (Wildman–Crippen MR) is 156 cm³/mol. The largest absolute Gasteiger partial charge is 0.337 e. The van der Waals surface area contributed by atoms with E-state index < -0.39 is 9.84 Å². The van der Waals surface area contributed by atoms with Gasteiger partial charge in [-0.15, -0.1) is 0 Å². The fourth-order valence-electron chi connectivity index (χ4n) is 4.32. The number of aryl methyl sites for hydroxylation is 2. The molecule has 0 spiro atoms. The molecule has 7 rings (SSSR count). The first-order valence-corrected chi connectivity index (χ1v) is 14.6. The van der Waals surface area contributed by atoms with Gasteiger partial charge in [0.25, 0.3) is 0 Å². The average Bonchev–Trinajstić information content (AvgIpc) is 3.75. The summed E-state index contributed by atoms with van der Waals surface area (Å²) in [6.07, 6.45) is 20.2. The van der Waals surface area contributed by atoms with E-state index in [0.717, 1.165) is 40.1 Å². The van der Waals surface area contributed by atoms with Crippen molar-refractivity contribution in [2.24, 2.45) is 14.1 Å². The molecule has 14 nitrogen and oxygen atoms in total. The highest BCUT2D eigenvalue weighted by Gasteiger charge is 2.18. The Labute approximate surface area is 244 Å². The van der Waals surface area contributed by atoms with E-state index in [-0.39, 0.29) is 5.03 Å². The Kier molecular flexibility index (Phi) is 6.88. The molecule has 0 unspecified atom stereocenters. The van der Waals surface area contributed by atoms with Crippen molar-refractivity contribution in [2.45, 2.75) is 5.03 Å². The third-order valence-electron chi connectivity index (χ3n) is 6.17. The minimum absolute atomic E-state index is 0.0230. The number of nitrogens with one attached hydrogen (secondary N) is 1. The monoisotopic (exact) mass is 602 g/mol. The van der Waals surface area contributed by atoms with Gasteiger partial charge in [0.1, 0.15) is 5.15 Å². The van der Waals surface area contributed by atoms with Crippen LogP contribution in [0.15, 0.2) is 85.3 Å². The first-order chi connectivity index (χ1) is 20.2. The maximum absolute atomic E-state index is 11.7. The highest BCUT2D eigenvalue weighted by Crippen LogP contribution is 2.25. The minimum Gasteiger partial charge on any atom is -0.337 e. The number of anilines is 2. The van der Waals surface area contributed by atoms with Crippen LogP contribution in [0.3, 0.4) is 0 Å². The van der Waals surface area contributed by atoms with Gasteiger partial charge in [0, 0.05) is 80.5 Å². The van der Waals surface area contributed by atoms with Crippen molar-refractivity contribution < 1.29 is 8.42 Å². The molecule has 0 bridgehead atoms. The number of halogens is 1. The normalized spacial score (nSPS) is 11.5. The molecule has 16 heteroatoms. The van der Waals surface area contributed by atoms with Gasteiger partial charge in [0.2, 0.25) is 0 Å². The van der Waals surface area contributed by atoms with Gasteiger partial charge in [-0.1, -0.05) is 11.6 Å². The summed E-state index contributed by atoms with van der Waals surface area (Å²) in [5.41, 5.74) is 5.42. The van der Waals surface area contributed by atoms with Gasteiger partial charge in [-0.05, 0) is 12.1 Å². The third-order valence-corrected chi connectivity index (χ3v) is 7.36. The Morgan fingerprint density at radius 3 is 1.93 bits per heavy atom. The molecule has 42 heavy (non-hydrogen) atoms. The summed E-state index contributed by atoms with van der Waals surface area (Å²) in [6.45, 7) is 0. The molecule has 0 radical (unpaired) electrons. The van der Waals surface area contributed by atoms with E-state index in [4.69, 9.17) is 11.6 Å². The molecule has 0 aliphatic rings. The SMILES string of the molecule is Cn1cc(-c2cnc3c(Nc4ccnc(Cl)c4)nccn23)cn1.Cn1cc(-c2cnc3c(S(C)(=O)=O)nccn23)cn1. The van der Waals surface area contributed by atoms with Crippen LogP contribution in [0.25, 0.3) is 33.8 Å². The number of sulfone groups is 1. The molecule has 0 saturated heterocycles. The van der Waals surface area contributed by atoms with Crippen LogP contribution < -0.4 is 5.32 Å². The number of imidazole rings is 2. The van der Waals surface area contributed by atoms with Crippen molar-refractivity contribution in [1.29, 1.82) is 0 Å². The van der Waals surface area contributed by atoms with Gasteiger partial charge < -0.3 is 5.32 Å². The van der Waals surface area contributed by atoms with Crippen molar-refractivity contribution in [3.8, 4) is 22.5 Å². The Morgan fingerprint density at radius 2 is 1.36 bits per heavy atom. The second-order valence-electron chi connectivity index (χ2n) is 9.25. The van der Waals surface area contributed by atoms with Crippen LogP contribution in [0.4, 0.5) is 11.5 Å². The lowest BCUT2D eigenvalue weighted by Gasteiger charge is -2.07. The molecule has 212 valence electrons. The zero-order valence-electron chi connectivity index (χ0n) is 22.5. The van der Waals surface area contributed by atoms with Gasteiger partial charge in [-0.2, -0.15) is 10.2 Å². The Bertz CT molecular complexity index is 2160. The third kappa shape index (κ3) is 5.29. The highest BCUT2D eigenvalue weighted by atomic mass is 35.5. The number of hydrogen-bond donors (Lipinski definition) is 1. The quantitative estimate of drug-likeness (QED) is 0.290. The summed E-state index contributed by atoms with van der Waals surface area (Å²) in [7, 11) is 0.291. The lowest BCUT2D eigenvalue weighted by atomic mass is 10.3. The van der Waals surface area contributed by atoms with Crippen molar-refractivity contribution in [1.82, 2.24) is 53.3 Å². The molecular weight excluding hydrogens is 580 g/mol. The van der Waals surface area contributed by atoms with Crippen LogP contribution in [0, 0.1) is 0 Å². The van der Waals surface area contributed by atoms with E-state index in [0.29, 0.717) is 16.6 Å². The molecule has 0 aliphatic heterocycles. The smallest absolute Gasteiger partial charge is 0.198 e. The molecule has 0 aliphatic carbocycles. The molecule has 7 heterocycles. The minimum atomic E-state index is -3.41. The van der Waals surface area contributed by atoms with Crippen molar-refractivity contribution in [3.05, 3.63) is 85.5 Å². The van der Waals surface area contributed by atoms with Gasteiger partial charge in [0.15, 0.2) is 32.0 Å². The van der Waals surface area contributed by atoms with Gasteiger partial charge in [0.05, 0.1) is 36.2 Å². The van der Waals surface area contributed by atoms with Crippen LogP contribution in [0.1, 0.15) is 0 Å². The van der Waals surface area contributed by atoms with E-state index in [9.17, 15) is 8.42 Å². The second kappa shape index (κ2) is 10.7. The summed E-state index contributed by atoms with van der Waals surface area (Å²) in [4.78, 5) is 20.9. The standard InChI is InChI=1S/C15H12ClN7.C11H11N5O2S/c1-22-9-10(7-20-22)12-8-19-15-14(18-4-5-23(12)15)21-11-2-3-17-13(16)6-11;1-15-7-8(5-14-15)9-6-13-10-11(19(2,17)18)12-3-4-16(9)10/h2-9H,1H3,(H,17,18,21);3-7H,1-2H3. The maximum Gasteiger partial charge on any atom is 0.198 e. The van der Waals surface area contributed by atoms with E-state index in [1.165, 1.54) is 6.20 Å². The Hall–Kier alpha value is -5.15. The number of aromatic nitrogens is 11. The van der Waals surface area contributed by atoms with Crippen LogP contribution >= 0.6 is 11.6 Å². The van der Waals surface area contributed by atoms with Gasteiger partial charge >= 0.3 is 0 Å². The zero-order valence-corrected chi connectivity index (χ0v) is 24.1. The summed E-state index contributed by atoms with van der Waals surface area (Å²) < 4.78 is 30.4. The predicted octanol–water partition coefficient (Wildman–Crippen LogP) is 3.46. The van der Waals surface area contributed by atoms with E-state index in [2.05, 4.69) is 40.4 Å². The van der Waals surface area contributed by atoms with Crippen molar-refractivity contribution in [3.63, 3.8) is 0 Å². The molecule has 0 fully saturated rings. The number of rotatable bonds is 5. The Balaban J connectivity index is 0.000000153. The molecule has 0 aromatic carbocycles. The Morgan fingerprint density at radius 1 is 0.762 bits per heavy atom. The molecule has 1 N–H and O–H groups in total. The van der Waals surface area contributed by atoms with Crippen molar-refractivity contribution in [2.75, 3.05) is 11.6 Å². The average molecular weight is 603 g/mol. The summed E-state index contributed by atoms with van der Waals surface area (Å²) in [6, 6.07) is 3.56. The van der Waals surface area contributed by atoms with Gasteiger partial charge in [-0.25, -0.2) is 33.3 Å². The van der Waals surface area contributed by atoms with Crippen LogP contribution in [-0.4, -0.2) is 68.0 Å². The molecule has 0 amide bonds. The van der Waals surface area contributed by atoms with E-state index >= 15 is 0 Å². The van der Waals surface area contributed by atoms with Crippen molar-refractivity contribution >= 4 is 44.2 Å². The zero-order chi connectivity index (χ0) is 29.4. The van der Waals surface area contributed by atoms with Gasteiger partial charge in [-0.3, -0.25) is 18.2 Å². The lowest BCUT2D eigenvalue weighted by molar-refractivity contribution is 0.598. The molecule has 7 aromatic heterocycles. The first-order valence-electron chi connectivity index (χ1n) is 12.4. The summed E-state index contributed by atoms with van der Waals surface area (Å²) in [5, 5.41) is 11.9. The van der Waals surface area contributed by atoms with Crippen LogP contribution in [-0.2, 0) is 23.9 Å². The maximum atomic E-state index is 11.7. The van der Waals surface area contributed by atoms with Crippen LogP contribution in [0.5, 0.6) is 0 Å². The molecular formula is C26H23ClN12O2S. The molecule has 0 saturated carbocycles. The summed E-state index contributed by atoms with van der Waals surface area (Å²) in [5.74, 6) is 0.643. The topological polar surface area (TPSA) is 155 Å².